The highest BCUT2D eigenvalue weighted by atomic mass is 19.1. The largest absolute Gasteiger partial charge is 0.497 e. The summed E-state index contributed by atoms with van der Waals surface area (Å²) in [7, 11) is 1.63. The molecule has 4 heteroatoms. The molecule has 3 nitrogen and oxygen atoms in total. The van der Waals surface area contributed by atoms with Crippen LogP contribution >= 0.6 is 0 Å². The molecule has 0 radical (unpaired) electrons. The fraction of sp³-hybridized carbons (Fsp3) is 0.350. The molecule has 2 aromatic carbocycles. The monoisotopic (exact) mass is 329 g/mol. The third-order valence-electron chi connectivity index (χ3n) is 4.27. The number of carbonyl (C=O) groups excluding carboxylic acids is 1. The smallest absolute Gasteiger partial charge is 0.223 e. The Kier molecular flexibility index (Phi) is 6.36. The molecular weight excluding hydrogens is 305 g/mol. The van der Waals surface area contributed by atoms with Crippen molar-refractivity contribution in [2.45, 2.75) is 32.7 Å². The first-order valence-electron chi connectivity index (χ1n) is 8.23. The number of aryl methyl sites for hydroxylation is 1. The summed E-state index contributed by atoms with van der Waals surface area (Å²) in [5.41, 5.74) is 1.60. The molecule has 1 unspecified atom stereocenters. The van der Waals surface area contributed by atoms with Crippen LogP contribution in [0.15, 0.2) is 48.5 Å². The predicted molar refractivity (Wildman–Crippen MR) is 93.5 cm³/mol. The molecule has 128 valence electrons. The average molecular weight is 329 g/mol. The first-order chi connectivity index (χ1) is 11.6. The number of benzene rings is 2. The van der Waals surface area contributed by atoms with Crippen molar-refractivity contribution in [3.05, 3.63) is 65.5 Å². The second-order valence-electron chi connectivity index (χ2n) is 5.72. The van der Waals surface area contributed by atoms with E-state index in [0.717, 1.165) is 11.3 Å². The zero-order valence-electron chi connectivity index (χ0n) is 14.5. The molecule has 0 aliphatic carbocycles. The molecule has 0 fully saturated rings. The zero-order chi connectivity index (χ0) is 17.5. The maximum atomic E-state index is 13.7. The summed E-state index contributed by atoms with van der Waals surface area (Å²) in [5.74, 6) is 0.541. The summed E-state index contributed by atoms with van der Waals surface area (Å²) in [6.07, 6.45) is 0.704. The van der Waals surface area contributed by atoms with E-state index in [4.69, 9.17) is 4.74 Å². The summed E-state index contributed by atoms with van der Waals surface area (Å²) in [6.45, 7) is 4.56. The van der Waals surface area contributed by atoms with E-state index >= 15 is 0 Å². The maximum Gasteiger partial charge on any atom is 0.223 e. The Hall–Kier alpha value is -2.36. The molecule has 0 saturated heterocycles. The summed E-state index contributed by atoms with van der Waals surface area (Å²) in [4.78, 5) is 14.4. The van der Waals surface area contributed by atoms with Gasteiger partial charge in [0.25, 0.3) is 0 Å². The van der Waals surface area contributed by atoms with Crippen molar-refractivity contribution in [2.75, 3.05) is 13.7 Å². The SMILES string of the molecule is CCN(C(=O)CCc1ccccc1F)C(C)c1cccc(OC)c1. The Labute approximate surface area is 143 Å². The van der Waals surface area contributed by atoms with E-state index in [2.05, 4.69) is 0 Å². The van der Waals surface area contributed by atoms with Crippen molar-refractivity contribution in [3.8, 4) is 5.75 Å². The Morgan fingerprint density at radius 2 is 1.96 bits per heavy atom. The number of hydrogen-bond donors (Lipinski definition) is 0. The summed E-state index contributed by atoms with van der Waals surface area (Å²) >= 11 is 0. The van der Waals surface area contributed by atoms with Crippen LogP contribution in [0.2, 0.25) is 0 Å². The topological polar surface area (TPSA) is 29.5 Å². The lowest BCUT2D eigenvalue weighted by atomic mass is 10.0. The fourth-order valence-electron chi connectivity index (χ4n) is 2.83. The Balaban J connectivity index is 2.06. The van der Waals surface area contributed by atoms with Gasteiger partial charge in [0.15, 0.2) is 0 Å². The number of amides is 1. The van der Waals surface area contributed by atoms with Crippen LogP contribution in [0, 0.1) is 5.82 Å². The number of nitrogens with zero attached hydrogens (tertiary/aromatic N) is 1. The van der Waals surface area contributed by atoms with Gasteiger partial charge in [0.2, 0.25) is 5.91 Å². The number of ether oxygens (including phenoxy) is 1. The van der Waals surface area contributed by atoms with E-state index in [1.165, 1.54) is 6.07 Å². The van der Waals surface area contributed by atoms with Gasteiger partial charge in [-0.1, -0.05) is 30.3 Å². The van der Waals surface area contributed by atoms with Crippen LogP contribution in [0.1, 0.15) is 37.4 Å². The summed E-state index contributed by atoms with van der Waals surface area (Å²) in [6, 6.07) is 14.3. The fourth-order valence-corrected chi connectivity index (χ4v) is 2.83. The molecule has 0 heterocycles. The number of rotatable bonds is 7. The van der Waals surface area contributed by atoms with Crippen molar-refractivity contribution < 1.29 is 13.9 Å². The molecule has 1 amide bonds. The zero-order valence-corrected chi connectivity index (χ0v) is 14.5. The van der Waals surface area contributed by atoms with Gasteiger partial charge < -0.3 is 9.64 Å². The van der Waals surface area contributed by atoms with Crippen LogP contribution in [0.5, 0.6) is 5.75 Å². The highest BCUT2D eigenvalue weighted by molar-refractivity contribution is 5.77. The molecule has 0 spiro atoms. The maximum absolute atomic E-state index is 13.7. The van der Waals surface area contributed by atoms with Crippen LogP contribution in [0.25, 0.3) is 0 Å². The minimum atomic E-state index is -0.255. The van der Waals surface area contributed by atoms with Crippen molar-refractivity contribution in [3.63, 3.8) is 0 Å². The summed E-state index contributed by atoms with van der Waals surface area (Å²) in [5, 5.41) is 0. The average Bonchev–Trinajstić information content (AvgIpc) is 2.61. The highest BCUT2D eigenvalue weighted by Crippen LogP contribution is 2.24. The highest BCUT2D eigenvalue weighted by Gasteiger charge is 2.20. The molecule has 0 aromatic heterocycles. The van der Waals surface area contributed by atoms with E-state index < -0.39 is 0 Å². The van der Waals surface area contributed by atoms with Crippen LogP contribution in [-0.4, -0.2) is 24.5 Å². The van der Waals surface area contributed by atoms with Gasteiger partial charge >= 0.3 is 0 Å². The van der Waals surface area contributed by atoms with E-state index in [9.17, 15) is 9.18 Å². The molecule has 0 aliphatic rings. The van der Waals surface area contributed by atoms with Crippen LogP contribution < -0.4 is 4.74 Å². The Morgan fingerprint density at radius 3 is 2.62 bits per heavy atom. The van der Waals surface area contributed by atoms with Gasteiger partial charge in [-0.3, -0.25) is 4.79 Å². The lowest BCUT2D eigenvalue weighted by Crippen LogP contribution is -2.33. The lowest BCUT2D eigenvalue weighted by molar-refractivity contribution is -0.133. The quantitative estimate of drug-likeness (QED) is 0.754. The minimum absolute atomic E-state index is 0.0241. The van der Waals surface area contributed by atoms with Gasteiger partial charge in [0, 0.05) is 13.0 Å². The normalized spacial score (nSPS) is 11.8. The second kappa shape index (κ2) is 8.48. The standard InChI is InChI=1S/C20H24FNO2/c1-4-22(15(2)17-9-7-10-18(14-17)24-3)20(23)13-12-16-8-5-6-11-19(16)21/h5-11,14-15H,4,12-13H2,1-3H3. The van der Waals surface area contributed by atoms with Crippen molar-refractivity contribution >= 4 is 5.91 Å². The lowest BCUT2D eigenvalue weighted by Gasteiger charge is -2.29. The third-order valence-corrected chi connectivity index (χ3v) is 4.27. The van der Waals surface area contributed by atoms with E-state index in [1.807, 2.05) is 43.0 Å². The predicted octanol–water partition coefficient (Wildman–Crippen LogP) is 4.38. The number of halogens is 1. The second-order valence-corrected chi connectivity index (χ2v) is 5.72. The van der Waals surface area contributed by atoms with Gasteiger partial charge in [0.1, 0.15) is 11.6 Å². The molecule has 0 bridgehead atoms. The molecule has 2 aromatic rings. The van der Waals surface area contributed by atoms with Gasteiger partial charge in [-0.05, 0) is 49.6 Å². The molecule has 24 heavy (non-hydrogen) atoms. The molecule has 1 atom stereocenters. The van der Waals surface area contributed by atoms with Crippen molar-refractivity contribution in [2.24, 2.45) is 0 Å². The molecule has 2 rings (SSSR count). The van der Waals surface area contributed by atoms with Crippen LogP contribution in [-0.2, 0) is 11.2 Å². The first kappa shape index (κ1) is 18.0. The molecule has 0 aliphatic heterocycles. The van der Waals surface area contributed by atoms with Gasteiger partial charge in [-0.2, -0.15) is 0 Å². The van der Waals surface area contributed by atoms with Crippen molar-refractivity contribution in [1.29, 1.82) is 0 Å². The molecule has 0 saturated carbocycles. The number of methoxy groups -OCH3 is 1. The van der Waals surface area contributed by atoms with Gasteiger partial charge in [-0.15, -0.1) is 0 Å². The van der Waals surface area contributed by atoms with Crippen LogP contribution in [0.3, 0.4) is 0 Å². The molecular formula is C20H24FNO2. The van der Waals surface area contributed by atoms with Crippen molar-refractivity contribution in [1.82, 2.24) is 4.90 Å². The summed E-state index contributed by atoms with van der Waals surface area (Å²) < 4.78 is 18.9. The molecule has 0 N–H and O–H groups in total. The van der Waals surface area contributed by atoms with Gasteiger partial charge in [0.05, 0.1) is 13.2 Å². The number of carbonyl (C=O) groups is 1. The number of hydrogen-bond acceptors (Lipinski definition) is 2. The first-order valence-corrected chi connectivity index (χ1v) is 8.23. The van der Waals surface area contributed by atoms with Crippen LogP contribution in [0.4, 0.5) is 4.39 Å². The minimum Gasteiger partial charge on any atom is -0.497 e. The van der Waals surface area contributed by atoms with E-state index in [0.29, 0.717) is 24.9 Å². The van der Waals surface area contributed by atoms with Gasteiger partial charge in [-0.25, -0.2) is 4.39 Å². The third kappa shape index (κ3) is 4.34. The Bertz CT molecular complexity index is 687. The Morgan fingerprint density at radius 1 is 1.21 bits per heavy atom. The van der Waals surface area contributed by atoms with E-state index in [-0.39, 0.29) is 17.8 Å². The van der Waals surface area contributed by atoms with E-state index in [1.54, 1.807) is 25.3 Å².